The Labute approximate surface area is 279 Å². The van der Waals surface area contributed by atoms with E-state index in [1.165, 1.54) is 9.91 Å². The summed E-state index contributed by atoms with van der Waals surface area (Å²) in [5.41, 5.74) is 1.54. The molecule has 7 atom stereocenters. The van der Waals surface area contributed by atoms with Gasteiger partial charge >= 0.3 is 6.03 Å². The average molecular weight is 657 g/mol. The van der Waals surface area contributed by atoms with E-state index in [1.54, 1.807) is 4.90 Å². The third-order valence-corrected chi connectivity index (χ3v) is 11.4. The Balaban J connectivity index is 1.31. The van der Waals surface area contributed by atoms with Gasteiger partial charge in [-0.3, -0.25) is 39.3 Å². The third kappa shape index (κ3) is 6.88. The van der Waals surface area contributed by atoms with Gasteiger partial charge in [0.2, 0.25) is 23.6 Å². The standard InChI is InChI=1S/C35H56N6O6/c1-10-15-41(30(45)19-11-12-19)38-27(42)25-24-22(35(24,8)9)17-39(25)31(46)26(34(5,6)7)37-32(47)36-23(33(2,3)4)18-40-28(43)20-13-14-21(16-20)29(40)44/h19-26H,10-18H2,1-9H3,(H,38,42)(H2,36,37,47)/t20?,21?,22-,23+,24-,25-,26+/m0/s1. The summed E-state index contributed by atoms with van der Waals surface area (Å²) in [5, 5.41) is 7.32. The average Bonchev–Trinajstić information content (AvgIpc) is 3.75. The highest BCUT2D eigenvalue weighted by atomic mass is 16.2. The molecule has 12 heteroatoms. The first-order valence-corrected chi connectivity index (χ1v) is 17.6. The number of rotatable bonds is 9. The Kier molecular flexibility index (Phi) is 9.24. The molecule has 2 heterocycles. The van der Waals surface area contributed by atoms with E-state index < -0.39 is 35.0 Å². The molecule has 5 rings (SSSR count). The minimum absolute atomic E-state index is 0.0550. The van der Waals surface area contributed by atoms with Gasteiger partial charge < -0.3 is 15.5 Å². The molecule has 0 spiro atoms. The molecular weight excluding hydrogens is 600 g/mol. The van der Waals surface area contributed by atoms with Crippen LogP contribution in [-0.2, 0) is 24.0 Å². The molecule has 0 aromatic rings. The Morgan fingerprint density at radius 1 is 0.915 bits per heavy atom. The molecule has 5 aliphatic rings. The minimum atomic E-state index is -0.965. The molecular formula is C35H56N6O6. The van der Waals surface area contributed by atoms with E-state index in [2.05, 4.69) is 29.9 Å². The fourth-order valence-corrected chi connectivity index (χ4v) is 8.03. The molecule has 3 aliphatic carbocycles. The van der Waals surface area contributed by atoms with Crippen LogP contribution in [0.2, 0.25) is 0 Å². The Morgan fingerprint density at radius 3 is 2.02 bits per heavy atom. The van der Waals surface area contributed by atoms with Crippen LogP contribution in [0.5, 0.6) is 0 Å². The molecule has 0 aromatic heterocycles. The number of carbonyl (C=O) groups excluding carboxylic acids is 6. The predicted octanol–water partition coefficient (Wildman–Crippen LogP) is 3.06. The van der Waals surface area contributed by atoms with Gasteiger partial charge in [-0.05, 0) is 66.6 Å². The molecule has 0 radical (unpaired) electrons. The Morgan fingerprint density at radius 2 is 1.51 bits per heavy atom. The second-order valence-electron chi connectivity index (χ2n) is 17.5. The second kappa shape index (κ2) is 12.4. The summed E-state index contributed by atoms with van der Waals surface area (Å²) < 4.78 is 0. The number of carbonyl (C=O) groups is 6. The van der Waals surface area contributed by atoms with Gasteiger partial charge in [0.15, 0.2) is 0 Å². The van der Waals surface area contributed by atoms with Crippen molar-refractivity contribution in [2.24, 2.45) is 45.8 Å². The van der Waals surface area contributed by atoms with E-state index in [0.29, 0.717) is 25.9 Å². The van der Waals surface area contributed by atoms with E-state index >= 15 is 0 Å². The van der Waals surface area contributed by atoms with Crippen molar-refractivity contribution >= 4 is 35.6 Å². The van der Waals surface area contributed by atoms with E-state index in [4.69, 9.17) is 0 Å². The van der Waals surface area contributed by atoms with Crippen molar-refractivity contribution in [3.63, 3.8) is 0 Å². The van der Waals surface area contributed by atoms with Crippen LogP contribution in [0.15, 0.2) is 0 Å². The van der Waals surface area contributed by atoms with Crippen LogP contribution < -0.4 is 16.1 Å². The number of urea groups is 1. The lowest BCUT2D eigenvalue weighted by Crippen LogP contribution is -2.63. The van der Waals surface area contributed by atoms with Crippen molar-refractivity contribution < 1.29 is 28.8 Å². The van der Waals surface area contributed by atoms with Gasteiger partial charge in [0.25, 0.3) is 5.91 Å². The molecule has 47 heavy (non-hydrogen) atoms. The van der Waals surface area contributed by atoms with Crippen molar-refractivity contribution in [3.05, 3.63) is 0 Å². The number of piperidine rings is 2. The first-order chi connectivity index (χ1) is 21.8. The summed E-state index contributed by atoms with van der Waals surface area (Å²) in [7, 11) is 0. The number of nitrogens with one attached hydrogen (secondary N) is 3. The largest absolute Gasteiger partial charge is 0.333 e. The van der Waals surface area contributed by atoms with E-state index in [-0.39, 0.29) is 71.1 Å². The smallest absolute Gasteiger partial charge is 0.315 e. The maximum atomic E-state index is 14.4. The molecule has 2 bridgehead atoms. The number of nitrogens with zero attached hydrogens (tertiary/aromatic N) is 3. The lowest BCUT2D eigenvalue weighted by molar-refractivity contribution is -0.153. The first kappa shape index (κ1) is 35.1. The third-order valence-electron chi connectivity index (χ3n) is 11.4. The number of hydrogen-bond donors (Lipinski definition) is 3. The lowest BCUT2D eigenvalue weighted by Gasteiger charge is -2.40. The van der Waals surface area contributed by atoms with Crippen LogP contribution in [0.4, 0.5) is 4.79 Å². The number of hydrogen-bond acceptors (Lipinski definition) is 6. The van der Waals surface area contributed by atoms with Gasteiger partial charge in [-0.1, -0.05) is 62.3 Å². The monoisotopic (exact) mass is 656 g/mol. The maximum Gasteiger partial charge on any atom is 0.315 e. The van der Waals surface area contributed by atoms with E-state index in [0.717, 1.165) is 25.7 Å². The van der Waals surface area contributed by atoms with Crippen molar-refractivity contribution in [2.75, 3.05) is 19.6 Å². The number of hydrazine groups is 1. The normalized spacial score (nSPS) is 29.2. The maximum absolute atomic E-state index is 14.4. The number of amides is 7. The van der Waals surface area contributed by atoms with Crippen LogP contribution in [-0.4, -0.2) is 88.1 Å². The summed E-state index contributed by atoms with van der Waals surface area (Å²) >= 11 is 0. The van der Waals surface area contributed by atoms with E-state index in [9.17, 15) is 28.8 Å². The topological polar surface area (TPSA) is 148 Å². The molecule has 0 aromatic carbocycles. The van der Waals surface area contributed by atoms with Crippen LogP contribution in [0.25, 0.3) is 0 Å². The fraction of sp³-hybridized carbons (Fsp3) is 0.829. The highest BCUT2D eigenvalue weighted by molar-refractivity contribution is 6.01. The van der Waals surface area contributed by atoms with Crippen molar-refractivity contribution in [3.8, 4) is 0 Å². The van der Waals surface area contributed by atoms with Crippen LogP contribution in [0.1, 0.15) is 101 Å². The Bertz CT molecular complexity index is 1290. The molecule has 5 fully saturated rings. The molecule has 12 nitrogen and oxygen atoms in total. The summed E-state index contributed by atoms with van der Waals surface area (Å²) in [6.45, 7) is 18.4. The summed E-state index contributed by atoms with van der Waals surface area (Å²) in [6, 6.07) is -2.87. The zero-order valence-corrected chi connectivity index (χ0v) is 29.8. The quantitative estimate of drug-likeness (QED) is 0.257. The fourth-order valence-electron chi connectivity index (χ4n) is 8.03. The number of imide groups is 1. The summed E-state index contributed by atoms with van der Waals surface area (Å²) in [6.07, 6.45) is 4.38. The Hall–Kier alpha value is -3.18. The van der Waals surface area contributed by atoms with Crippen molar-refractivity contribution in [2.45, 2.75) is 119 Å². The van der Waals surface area contributed by atoms with Gasteiger partial charge in [-0.15, -0.1) is 0 Å². The van der Waals surface area contributed by atoms with Gasteiger partial charge in [-0.2, -0.15) is 0 Å². The van der Waals surface area contributed by atoms with Gasteiger partial charge in [-0.25, -0.2) is 4.79 Å². The van der Waals surface area contributed by atoms with Crippen molar-refractivity contribution in [1.29, 1.82) is 0 Å². The predicted molar refractivity (Wildman–Crippen MR) is 175 cm³/mol. The zero-order chi connectivity index (χ0) is 34.8. The number of fused-ring (bicyclic) bond motifs is 3. The van der Waals surface area contributed by atoms with Crippen molar-refractivity contribution in [1.82, 2.24) is 30.9 Å². The molecule has 3 saturated carbocycles. The van der Waals surface area contributed by atoms with Crippen LogP contribution >= 0.6 is 0 Å². The summed E-state index contributed by atoms with van der Waals surface area (Å²) in [4.78, 5) is 84.0. The number of likely N-dealkylation sites (tertiary alicyclic amines) is 2. The highest BCUT2D eigenvalue weighted by Gasteiger charge is 2.70. The second-order valence-corrected chi connectivity index (χ2v) is 17.5. The zero-order valence-electron chi connectivity index (χ0n) is 29.8. The summed E-state index contributed by atoms with van der Waals surface area (Å²) in [5.74, 6) is -1.39. The molecule has 2 aliphatic heterocycles. The molecule has 3 N–H and O–H groups in total. The van der Waals surface area contributed by atoms with Gasteiger partial charge in [0, 0.05) is 37.4 Å². The minimum Gasteiger partial charge on any atom is -0.333 e. The van der Waals surface area contributed by atoms with Gasteiger partial charge in [0.1, 0.15) is 12.1 Å². The molecule has 7 amide bonds. The highest BCUT2D eigenvalue weighted by Crippen LogP contribution is 2.65. The molecule has 2 unspecified atom stereocenters. The first-order valence-electron chi connectivity index (χ1n) is 17.6. The molecule has 262 valence electrons. The van der Waals surface area contributed by atoms with Gasteiger partial charge in [0.05, 0.1) is 6.04 Å². The van der Waals surface area contributed by atoms with Crippen LogP contribution in [0.3, 0.4) is 0 Å². The molecule has 2 saturated heterocycles. The SMILES string of the molecule is CCCN(NC(=O)[C@@H]1[C@@H]2[C@H](CN1C(=O)[C@@H](NC(=O)N[C@H](CN1C(=O)C3CCC(C3)C1=O)C(C)(C)C)C(C)(C)C)C2(C)C)C(=O)C1CC1. The van der Waals surface area contributed by atoms with Crippen LogP contribution in [0, 0.1) is 45.8 Å². The van der Waals surface area contributed by atoms with E-state index in [1.807, 2.05) is 48.5 Å². The lowest BCUT2D eigenvalue weighted by atomic mass is 9.84.